The van der Waals surface area contributed by atoms with Crippen LogP contribution in [-0.2, 0) is 0 Å². The average molecular weight is 494 g/mol. The van der Waals surface area contributed by atoms with Gasteiger partial charge in [0.05, 0.1) is 17.4 Å². The molecule has 0 radical (unpaired) electrons. The first kappa shape index (κ1) is 19.1. The molecule has 136 valence electrons. The van der Waals surface area contributed by atoms with Gasteiger partial charge >= 0.3 is 0 Å². The van der Waals surface area contributed by atoms with Gasteiger partial charge in [0.15, 0.2) is 0 Å². The number of hydrogen-bond acceptors (Lipinski definition) is 4. The molecule has 6 nitrogen and oxygen atoms in total. The Hall–Kier alpha value is -2.65. The first-order valence-electron chi connectivity index (χ1n) is 7.72. The van der Waals surface area contributed by atoms with Crippen molar-refractivity contribution in [2.45, 2.75) is 0 Å². The average Bonchev–Trinajstić information content (AvgIpc) is 2.65. The van der Waals surface area contributed by atoms with Gasteiger partial charge < -0.3 is 15.8 Å². The first-order chi connectivity index (χ1) is 12.9. The number of halogens is 2. The van der Waals surface area contributed by atoms with Gasteiger partial charge in [0.1, 0.15) is 5.75 Å². The molecule has 0 spiro atoms. The smallest absolute Gasteiger partial charge is 0.256 e. The standard InChI is InChI=1S/C19H13ClIN3O3/c20-12-4-6-16(21)15(9-12)19(26)24-13-5-7-17(23-10-13)27-14-3-1-2-11(8-14)18(22)25/h1-10H,(H2,22,25)(H,24,26). The van der Waals surface area contributed by atoms with E-state index in [4.69, 9.17) is 22.1 Å². The quantitative estimate of drug-likeness (QED) is 0.512. The van der Waals surface area contributed by atoms with Crippen LogP contribution in [0.1, 0.15) is 20.7 Å². The number of rotatable bonds is 5. The fourth-order valence-corrected chi connectivity index (χ4v) is 2.97. The van der Waals surface area contributed by atoms with E-state index in [0.29, 0.717) is 33.5 Å². The number of carbonyl (C=O) groups is 2. The molecule has 0 unspecified atom stereocenters. The Morgan fingerprint density at radius 1 is 1.11 bits per heavy atom. The lowest BCUT2D eigenvalue weighted by molar-refractivity contribution is 0.0997. The van der Waals surface area contributed by atoms with Gasteiger partial charge in [0.25, 0.3) is 5.91 Å². The number of hydrogen-bond donors (Lipinski definition) is 2. The Labute approximate surface area is 173 Å². The molecule has 0 aliphatic carbocycles. The number of nitrogens with two attached hydrogens (primary N) is 1. The molecule has 0 aliphatic heterocycles. The van der Waals surface area contributed by atoms with Crippen LogP contribution in [0.25, 0.3) is 0 Å². The normalized spacial score (nSPS) is 10.3. The lowest BCUT2D eigenvalue weighted by Crippen LogP contribution is -2.13. The predicted molar refractivity (Wildman–Crippen MR) is 111 cm³/mol. The number of anilines is 1. The third kappa shape index (κ3) is 4.95. The maximum absolute atomic E-state index is 12.4. The number of nitrogens with zero attached hydrogens (tertiary/aromatic N) is 1. The van der Waals surface area contributed by atoms with Gasteiger partial charge in [-0.3, -0.25) is 9.59 Å². The molecule has 2 aromatic carbocycles. The fraction of sp³-hybridized carbons (Fsp3) is 0. The second-order valence-corrected chi connectivity index (χ2v) is 7.06. The van der Waals surface area contributed by atoms with Gasteiger partial charge in [-0.25, -0.2) is 4.98 Å². The summed E-state index contributed by atoms with van der Waals surface area (Å²) >= 11 is 8.02. The molecule has 1 aromatic heterocycles. The second kappa shape index (κ2) is 8.36. The molecule has 27 heavy (non-hydrogen) atoms. The molecule has 0 fully saturated rings. The zero-order chi connectivity index (χ0) is 19.4. The summed E-state index contributed by atoms with van der Waals surface area (Å²) in [5, 5.41) is 3.25. The van der Waals surface area contributed by atoms with Crippen LogP contribution >= 0.6 is 34.2 Å². The van der Waals surface area contributed by atoms with Crippen molar-refractivity contribution >= 4 is 51.7 Å². The van der Waals surface area contributed by atoms with Crippen molar-refractivity contribution in [3.63, 3.8) is 0 Å². The van der Waals surface area contributed by atoms with E-state index in [-0.39, 0.29) is 5.91 Å². The van der Waals surface area contributed by atoms with E-state index in [1.807, 2.05) is 0 Å². The molecular weight excluding hydrogens is 481 g/mol. The van der Waals surface area contributed by atoms with Crippen molar-refractivity contribution in [3.05, 3.63) is 80.5 Å². The molecule has 3 aromatic rings. The Kier molecular flexibility index (Phi) is 5.92. The van der Waals surface area contributed by atoms with Crippen LogP contribution in [0, 0.1) is 3.57 Å². The highest BCUT2D eigenvalue weighted by Gasteiger charge is 2.11. The van der Waals surface area contributed by atoms with Crippen LogP contribution in [0.3, 0.4) is 0 Å². The molecule has 0 aliphatic rings. The van der Waals surface area contributed by atoms with Gasteiger partial charge in [0.2, 0.25) is 11.8 Å². The third-order valence-electron chi connectivity index (χ3n) is 3.51. The van der Waals surface area contributed by atoms with Crippen molar-refractivity contribution in [1.82, 2.24) is 4.98 Å². The molecule has 0 bridgehead atoms. The topological polar surface area (TPSA) is 94.3 Å². The molecule has 8 heteroatoms. The molecule has 3 N–H and O–H groups in total. The molecule has 1 heterocycles. The summed E-state index contributed by atoms with van der Waals surface area (Å²) in [5.41, 5.74) is 6.58. The van der Waals surface area contributed by atoms with Crippen LogP contribution in [0.2, 0.25) is 5.02 Å². The van der Waals surface area contributed by atoms with E-state index in [2.05, 4.69) is 32.9 Å². The number of benzene rings is 2. The minimum atomic E-state index is -0.540. The highest BCUT2D eigenvalue weighted by molar-refractivity contribution is 14.1. The fourth-order valence-electron chi connectivity index (χ4n) is 2.22. The second-order valence-electron chi connectivity index (χ2n) is 5.46. The largest absolute Gasteiger partial charge is 0.439 e. The molecule has 0 atom stereocenters. The van der Waals surface area contributed by atoms with Gasteiger partial charge in [-0.15, -0.1) is 0 Å². The van der Waals surface area contributed by atoms with E-state index in [1.54, 1.807) is 48.5 Å². The highest BCUT2D eigenvalue weighted by atomic mass is 127. The summed E-state index contributed by atoms with van der Waals surface area (Å²) in [7, 11) is 0. The Morgan fingerprint density at radius 3 is 2.63 bits per heavy atom. The van der Waals surface area contributed by atoms with E-state index >= 15 is 0 Å². The monoisotopic (exact) mass is 493 g/mol. The number of ether oxygens (including phenoxy) is 1. The summed E-state index contributed by atoms with van der Waals surface area (Å²) in [6.45, 7) is 0. The zero-order valence-corrected chi connectivity index (χ0v) is 16.7. The number of primary amides is 1. The van der Waals surface area contributed by atoms with E-state index in [1.165, 1.54) is 12.3 Å². The number of carbonyl (C=O) groups excluding carboxylic acids is 2. The van der Waals surface area contributed by atoms with Crippen molar-refractivity contribution in [1.29, 1.82) is 0 Å². The maximum atomic E-state index is 12.4. The number of pyridine rings is 1. The Bertz CT molecular complexity index is 1010. The molecule has 2 amide bonds. The van der Waals surface area contributed by atoms with Gasteiger partial charge in [-0.05, 0) is 65.1 Å². The maximum Gasteiger partial charge on any atom is 0.256 e. The summed E-state index contributed by atoms with van der Waals surface area (Å²) in [6.07, 6.45) is 1.47. The van der Waals surface area contributed by atoms with Crippen LogP contribution in [0.4, 0.5) is 5.69 Å². The number of amides is 2. The number of nitrogens with one attached hydrogen (secondary N) is 1. The Balaban J connectivity index is 1.70. The summed E-state index contributed by atoms with van der Waals surface area (Å²) < 4.78 is 6.39. The van der Waals surface area contributed by atoms with Crippen molar-refractivity contribution < 1.29 is 14.3 Å². The number of aromatic nitrogens is 1. The lowest BCUT2D eigenvalue weighted by Gasteiger charge is -2.09. The van der Waals surface area contributed by atoms with Crippen LogP contribution in [-0.4, -0.2) is 16.8 Å². The first-order valence-corrected chi connectivity index (χ1v) is 9.18. The summed E-state index contributed by atoms with van der Waals surface area (Å²) in [5.74, 6) is -0.0790. The van der Waals surface area contributed by atoms with Crippen LogP contribution < -0.4 is 15.8 Å². The van der Waals surface area contributed by atoms with Crippen LogP contribution in [0.15, 0.2) is 60.8 Å². The third-order valence-corrected chi connectivity index (χ3v) is 4.68. The SMILES string of the molecule is NC(=O)c1cccc(Oc2ccc(NC(=O)c3cc(Cl)ccc3I)cn2)c1. The van der Waals surface area contributed by atoms with E-state index < -0.39 is 5.91 Å². The predicted octanol–water partition coefficient (Wildman–Crippen LogP) is 4.48. The molecule has 3 rings (SSSR count). The lowest BCUT2D eigenvalue weighted by atomic mass is 10.2. The van der Waals surface area contributed by atoms with Gasteiger partial charge in [0, 0.05) is 20.2 Å². The molecule has 0 saturated heterocycles. The van der Waals surface area contributed by atoms with Crippen molar-refractivity contribution in [2.24, 2.45) is 5.73 Å². The summed E-state index contributed by atoms with van der Waals surface area (Å²) in [6, 6.07) is 14.8. The zero-order valence-electron chi connectivity index (χ0n) is 13.8. The van der Waals surface area contributed by atoms with Gasteiger partial charge in [-0.2, -0.15) is 0 Å². The van der Waals surface area contributed by atoms with E-state index in [0.717, 1.165) is 3.57 Å². The minimum Gasteiger partial charge on any atom is -0.439 e. The summed E-state index contributed by atoms with van der Waals surface area (Å²) in [4.78, 5) is 27.8. The molecular formula is C19H13ClIN3O3. The highest BCUT2D eigenvalue weighted by Crippen LogP contribution is 2.23. The Morgan fingerprint density at radius 2 is 1.93 bits per heavy atom. The van der Waals surface area contributed by atoms with Crippen LogP contribution in [0.5, 0.6) is 11.6 Å². The van der Waals surface area contributed by atoms with E-state index in [9.17, 15) is 9.59 Å². The van der Waals surface area contributed by atoms with Crippen molar-refractivity contribution in [2.75, 3.05) is 5.32 Å². The molecule has 0 saturated carbocycles. The van der Waals surface area contributed by atoms with Crippen molar-refractivity contribution in [3.8, 4) is 11.6 Å². The minimum absolute atomic E-state index is 0.286. The van der Waals surface area contributed by atoms with Gasteiger partial charge in [-0.1, -0.05) is 17.7 Å².